The Balaban J connectivity index is 1.82. The Hall–Kier alpha value is -3.34. The standard InChI is InChI=1S/C19H15NO4/c21-17(20-14-7-2-1-3-8-14)12-24-18-15-9-5-4-6-13(15)10-11-16(18)19(22)23/h1-11H,12H2,(H,20,21)(H,22,23). The number of ether oxygens (including phenoxy) is 1. The van der Waals surface area contributed by atoms with Crippen molar-refractivity contribution in [2.75, 3.05) is 11.9 Å². The normalized spacial score (nSPS) is 10.3. The molecule has 5 heteroatoms. The topological polar surface area (TPSA) is 75.6 Å². The highest BCUT2D eigenvalue weighted by molar-refractivity contribution is 6.01. The summed E-state index contributed by atoms with van der Waals surface area (Å²) >= 11 is 0. The highest BCUT2D eigenvalue weighted by atomic mass is 16.5. The number of fused-ring (bicyclic) bond motifs is 1. The van der Waals surface area contributed by atoms with Crippen LogP contribution < -0.4 is 10.1 Å². The minimum absolute atomic E-state index is 0.0289. The summed E-state index contributed by atoms with van der Waals surface area (Å²) in [5, 5.41) is 13.5. The maximum Gasteiger partial charge on any atom is 0.339 e. The zero-order chi connectivity index (χ0) is 16.9. The molecule has 0 unspecified atom stereocenters. The summed E-state index contributed by atoms with van der Waals surface area (Å²) in [5.74, 6) is -1.26. The molecule has 0 aliphatic rings. The van der Waals surface area contributed by atoms with Gasteiger partial charge in [-0.1, -0.05) is 48.5 Å². The van der Waals surface area contributed by atoms with E-state index in [2.05, 4.69) is 5.32 Å². The number of anilines is 1. The van der Waals surface area contributed by atoms with E-state index in [9.17, 15) is 14.7 Å². The molecule has 24 heavy (non-hydrogen) atoms. The Kier molecular flexibility index (Phi) is 4.43. The first-order valence-corrected chi connectivity index (χ1v) is 7.38. The highest BCUT2D eigenvalue weighted by Gasteiger charge is 2.16. The van der Waals surface area contributed by atoms with Crippen molar-refractivity contribution in [3.05, 3.63) is 72.3 Å². The Morgan fingerprint density at radius 1 is 0.917 bits per heavy atom. The van der Waals surface area contributed by atoms with Crippen molar-refractivity contribution in [1.29, 1.82) is 0 Å². The Morgan fingerprint density at radius 3 is 2.38 bits per heavy atom. The summed E-state index contributed by atoms with van der Waals surface area (Å²) in [4.78, 5) is 23.4. The first-order valence-electron chi connectivity index (χ1n) is 7.38. The Morgan fingerprint density at radius 2 is 1.62 bits per heavy atom. The lowest BCUT2D eigenvalue weighted by molar-refractivity contribution is -0.118. The summed E-state index contributed by atoms with van der Waals surface area (Å²) in [5.41, 5.74) is 0.684. The van der Waals surface area contributed by atoms with Crippen molar-refractivity contribution in [2.45, 2.75) is 0 Å². The van der Waals surface area contributed by atoms with Crippen LogP contribution in [0.15, 0.2) is 66.7 Å². The third-order valence-corrected chi connectivity index (χ3v) is 3.52. The molecule has 0 fully saturated rings. The number of carboxylic acids is 1. The van der Waals surface area contributed by atoms with Crippen LogP contribution in [0.3, 0.4) is 0 Å². The van der Waals surface area contributed by atoms with E-state index in [-0.39, 0.29) is 23.8 Å². The molecular weight excluding hydrogens is 306 g/mol. The molecule has 0 radical (unpaired) electrons. The first-order chi connectivity index (χ1) is 11.6. The van der Waals surface area contributed by atoms with Gasteiger partial charge in [0.25, 0.3) is 5.91 Å². The van der Waals surface area contributed by atoms with E-state index in [1.54, 1.807) is 30.3 Å². The minimum Gasteiger partial charge on any atom is -0.482 e. The number of rotatable bonds is 5. The van der Waals surface area contributed by atoms with E-state index < -0.39 is 5.97 Å². The molecule has 120 valence electrons. The van der Waals surface area contributed by atoms with Gasteiger partial charge in [-0.05, 0) is 23.6 Å². The van der Waals surface area contributed by atoms with Crippen LogP contribution in [0, 0.1) is 0 Å². The largest absolute Gasteiger partial charge is 0.482 e. The van der Waals surface area contributed by atoms with E-state index in [4.69, 9.17) is 4.74 Å². The third-order valence-electron chi connectivity index (χ3n) is 3.52. The molecular formula is C19H15NO4. The van der Waals surface area contributed by atoms with Crippen molar-refractivity contribution in [1.82, 2.24) is 0 Å². The highest BCUT2D eigenvalue weighted by Crippen LogP contribution is 2.30. The van der Waals surface area contributed by atoms with Gasteiger partial charge in [-0.3, -0.25) is 4.79 Å². The lowest BCUT2D eigenvalue weighted by Crippen LogP contribution is -2.21. The zero-order valence-corrected chi connectivity index (χ0v) is 12.7. The average molecular weight is 321 g/mol. The summed E-state index contributed by atoms with van der Waals surface area (Å²) in [7, 11) is 0. The van der Waals surface area contributed by atoms with Crippen molar-refractivity contribution < 1.29 is 19.4 Å². The molecule has 0 aromatic heterocycles. The molecule has 0 bridgehead atoms. The van der Waals surface area contributed by atoms with Crippen LogP contribution in [0.5, 0.6) is 5.75 Å². The smallest absolute Gasteiger partial charge is 0.339 e. The summed E-state index contributed by atoms with van der Waals surface area (Å²) in [6.07, 6.45) is 0. The molecule has 0 aliphatic heterocycles. The summed E-state index contributed by atoms with van der Waals surface area (Å²) < 4.78 is 5.55. The molecule has 2 N–H and O–H groups in total. The van der Waals surface area contributed by atoms with Gasteiger partial charge in [0.15, 0.2) is 6.61 Å². The quantitative estimate of drug-likeness (QED) is 0.753. The lowest BCUT2D eigenvalue weighted by Gasteiger charge is -2.12. The average Bonchev–Trinajstić information content (AvgIpc) is 2.60. The molecule has 0 atom stereocenters. The number of nitrogens with one attached hydrogen (secondary N) is 1. The molecule has 0 aliphatic carbocycles. The van der Waals surface area contributed by atoms with E-state index in [1.807, 2.05) is 30.3 Å². The van der Waals surface area contributed by atoms with E-state index in [1.165, 1.54) is 6.07 Å². The number of para-hydroxylation sites is 1. The predicted octanol–water partition coefficient (Wildman–Crippen LogP) is 3.56. The molecule has 3 aromatic carbocycles. The van der Waals surface area contributed by atoms with Crippen LogP contribution in [-0.2, 0) is 4.79 Å². The fourth-order valence-electron chi connectivity index (χ4n) is 2.42. The maximum absolute atomic E-state index is 12.0. The molecule has 0 heterocycles. The summed E-state index contributed by atoms with van der Waals surface area (Å²) in [6, 6.07) is 19.5. The Bertz CT molecular complexity index is 890. The van der Waals surface area contributed by atoms with Crippen LogP contribution in [0.2, 0.25) is 0 Å². The van der Waals surface area contributed by atoms with Gasteiger partial charge in [-0.2, -0.15) is 0 Å². The number of hydrogen-bond donors (Lipinski definition) is 2. The van der Waals surface area contributed by atoms with Gasteiger partial charge in [-0.15, -0.1) is 0 Å². The number of benzene rings is 3. The SMILES string of the molecule is O=C(COc1c(C(=O)O)ccc2ccccc12)Nc1ccccc1. The van der Waals surface area contributed by atoms with Crippen LogP contribution >= 0.6 is 0 Å². The third kappa shape index (κ3) is 3.35. The van der Waals surface area contributed by atoms with Gasteiger partial charge >= 0.3 is 5.97 Å². The van der Waals surface area contributed by atoms with Crippen LogP contribution in [0.4, 0.5) is 5.69 Å². The van der Waals surface area contributed by atoms with Crippen molar-refractivity contribution >= 4 is 28.3 Å². The van der Waals surface area contributed by atoms with Gasteiger partial charge in [0.1, 0.15) is 11.3 Å². The number of carbonyl (C=O) groups excluding carboxylic acids is 1. The number of carboxylic acid groups (broad SMARTS) is 1. The molecule has 0 saturated heterocycles. The van der Waals surface area contributed by atoms with E-state index >= 15 is 0 Å². The number of carbonyl (C=O) groups is 2. The van der Waals surface area contributed by atoms with Crippen LogP contribution in [0.1, 0.15) is 10.4 Å². The number of hydrogen-bond acceptors (Lipinski definition) is 3. The molecule has 3 rings (SSSR count). The van der Waals surface area contributed by atoms with E-state index in [0.717, 1.165) is 5.39 Å². The van der Waals surface area contributed by atoms with Crippen molar-refractivity contribution in [3.63, 3.8) is 0 Å². The van der Waals surface area contributed by atoms with Crippen LogP contribution in [0.25, 0.3) is 10.8 Å². The lowest BCUT2D eigenvalue weighted by atomic mass is 10.1. The van der Waals surface area contributed by atoms with Crippen molar-refractivity contribution in [3.8, 4) is 5.75 Å². The molecule has 0 saturated carbocycles. The summed E-state index contributed by atoms with van der Waals surface area (Å²) in [6.45, 7) is -0.275. The first kappa shape index (κ1) is 15.6. The zero-order valence-electron chi connectivity index (χ0n) is 12.7. The Labute approximate surface area is 138 Å². The fourth-order valence-corrected chi connectivity index (χ4v) is 2.42. The molecule has 0 spiro atoms. The second-order valence-corrected chi connectivity index (χ2v) is 5.17. The number of aromatic carboxylic acids is 1. The monoisotopic (exact) mass is 321 g/mol. The predicted molar refractivity (Wildman–Crippen MR) is 91.5 cm³/mol. The number of amides is 1. The van der Waals surface area contributed by atoms with Crippen molar-refractivity contribution in [2.24, 2.45) is 0 Å². The van der Waals surface area contributed by atoms with Gasteiger partial charge in [0.05, 0.1) is 0 Å². The molecule has 3 aromatic rings. The van der Waals surface area contributed by atoms with Gasteiger partial charge in [0.2, 0.25) is 0 Å². The molecule has 5 nitrogen and oxygen atoms in total. The second kappa shape index (κ2) is 6.83. The maximum atomic E-state index is 12.0. The van der Waals surface area contributed by atoms with Gasteiger partial charge in [-0.25, -0.2) is 4.79 Å². The molecule has 1 amide bonds. The van der Waals surface area contributed by atoms with Gasteiger partial charge in [0, 0.05) is 11.1 Å². The van der Waals surface area contributed by atoms with Crippen LogP contribution in [-0.4, -0.2) is 23.6 Å². The second-order valence-electron chi connectivity index (χ2n) is 5.17. The van der Waals surface area contributed by atoms with E-state index in [0.29, 0.717) is 11.1 Å². The minimum atomic E-state index is -1.10. The fraction of sp³-hybridized carbons (Fsp3) is 0.0526. The van der Waals surface area contributed by atoms with Gasteiger partial charge < -0.3 is 15.2 Å².